The molecule has 0 aliphatic carbocycles. The zero-order valence-electron chi connectivity index (χ0n) is 21.4. The van der Waals surface area contributed by atoms with Gasteiger partial charge in [0.05, 0.1) is 18.1 Å². The molecule has 0 spiro atoms. The molecule has 0 saturated carbocycles. The molecule has 11 nitrogen and oxygen atoms in total. The van der Waals surface area contributed by atoms with Crippen molar-refractivity contribution in [3.63, 3.8) is 0 Å². The molecule has 1 fully saturated rings. The largest absolute Gasteiger partial charge is 0.476 e. The van der Waals surface area contributed by atoms with E-state index in [1.807, 2.05) is 11.9 Å². The first-order valence-electron chi connectivity index (χ1n) is 12.4. The minimum absolute atomic E-state index is 0.0741. The van der Waals surface area contributed by atoms with E-state index in [9.17, 15) is 13.2 Å². The Labute approximate surface area is 214 Å². The van der Waals surface area contributed by atoms with Crippen molar-refractivity contribution in [2.24, 2.45) is 10.1 Å². The van der Waals surface area contributed by atoms with Gasteiger partial charge in [-0.1, -0.05) is 19.9 Å². The van der Waals surface area contributed by atoms with Gasteiger partial charge >= 0.3 is 0 Å². The number of amides is 1. The van der Waals surface area contributed by atoms with Crippen LogP contribution in [0.4, 0.5) is 5.69 Å². The summed E-state index contributed by atoms with van der Waals surface area (Å²) in [5.41, 5.74) is 0.697. The van der Waals surface area contributed by atoms with Crippen molar-refractivity contribution >= 4 is 27.5 Å². The van der Waals surface area contributed by atoms with Crippen LogP contribution >= 0.6 is 0 Å². The highest BCUT2D eigenvalue weighted by Crippen LogP contribution is 2.22. The highest BCUT2D eigenvalue weighted by molar-refractivity contribution is 7.89. The number of aliphatic imine (C=N–C) groups is 1. The van der Waals surface area contributed by atoms with Gasteiger partial charge in [0.15, 0.2) is 6.29 Å². The van der Waals surface area contributed by atoms with Gasteiger partial charge in [-0.05, 0) is 31.0 Å². The second-order valence-electron chi connectivity index (χ2n) is 8.82. The van der Waals surface area contributed by atoms with Crippen LogP contribution in [0, 0.1) is 0 Å². The van der Waals surface area contributed by atoms with E-state index in [4.69, 9.17) is 19.6 Å². The number of carbonyl (C=O) groups is 1. The van der Waals surface area contributed by atoms with Crippen molar-refractivity contribution in [1.29, 1.82) is 0 Å². The van der Waals surface area contributed by atoms with Crippen LogP contribution in [0.2, 0.25) is 0 Å². The Bertz CT molecular complexity index is 1050. The first-order valence-corrected chi connectivity index (χ1v) is 13.9. The van der Waals surface area contributed by atoms with Gasteiger partial charge in [0.2, 0.25) is 15.9 Å². The molecule has 36 heavy (non-hydrogen) atoms. The maximum Gasteiger partial charge on any atom is 0.272 e. The number of primary sulfonamides is 1. The van der Waals surface area contributed by atoms with Gasteiger partial charge < -0.3 is 19.7 Å². The number of morpholine rings is 1. The van der Waals surface area contributed by atoms with E-state index in [1.54, 1.807) is 12.1 Å². The third-order valence-electron chi connectivity index (χ3n) is 5.99. The molecule has 1 unspecified atom stereocenters. The van der Waals surface area contributed by atoms with E-state index in [-0.39, 0.29) is 4.90 Å². The standard InChI is InChI=1S/C24H38N6O5S/c1-4-9-30(10-5-2)24-27-22(35-16-13-29-11-14-34-15-12-29)18-21(28(24)3)23(31)26-19-7-6-8-20(17-19)36(25,32)33/h6-8,17-18,24H,4-5,9-16H2,1-3H3,(H,26,31)(H2,25,32,33). The number of hydrogen-bond donors (Lipinski definition) is 2. The molecule has 1 atom stereocenters. The number of anilines is 1. The number of nitrogens with one attached hydrogen (secondary N) is 1. The number of rotatable bonds is 11. The van der Waals surface area contributed by atoms with Gasteiger partial charge in [-0.2, -0.15) is 0 Å². The van der Waals surface area contributed by atoms with Gasteiger partial charge in [-0.3, -0.25) is 14.6 Å². The van der Waals surface area contributed by atoms with Gasteiger partial charge in [0.25, 0.3) is 5.91 Å². The van der Waals surface area contributed by atoms with Gasteiger partial charge in [-0.25, -0.2) is 18.5 Å². The lowest BCUT2D eigenvalue weighted by Crippen LogP contribution is -2.50. The maximum atomic E-state index is 13.3. The molecule has 0 bridgehead atoms. The molecule has 0 radical (unpaired) electrons. The summed E-state index contributed by atoms with van der Waals surface area (Å²) >= 11 is 0. The summed E-state index contributed by atoms with van der Waals surface area (Å²) in [6.07, 6.45) is 3.12. The smallest absolute Gasteiger partial charge is 0.272 e. The molecular formula is C24H38N6O5S. The van der Waals surface area contributed by atoms with Gasteiger partial charge in [0, 0.05) is 51.5 Å². The number of hydrogen-bond acceptors (Lipinski definition) is 9. The van der Waals surface area contributed by atoms with Crippen LogP contribution in [0.3, 0.4) is 0 Å². The average Bonchev–Trinajstić information content (AvgIpc) is 2.85. The Balaban J connectivity index is 1.80. The molecule has 1 aromatic carbocycles. The topological polar surface area (TPSA) is 130 Å². The van der Waals surface area contributed by atoms with Crippen LogP contribution in [0.1, 0.15) is 26.7 Å². The summed E-state index contributed by atoms with van der Waals surface area (Å²) in [5, 5.41) is 8.03. The van der Waals surface area contributed by atoms with E-state index in [0.29, 0.717) is 37.1 Å². The molecule has 1 amide bonds. The van der Waals surface area contributed by atoms with Crippen LogP contribution in [0.15, 0.2) is 45.9 Å². The molecule has 1 saturated heterocycles. The first kappa shape index (κ1) is 28.1. The van der Waals surface area contributed by atoms with Crippen molar-refractivity contribution in [1.82, 2.24) is 14.7 Å². The summed E-state index contributed by atoms with van der Waals surface area (Å²) in [6.45, 7) is 10.2. The number of nitrogens with zero attached hydrogens (tertiary/aromatic N) is 4. The van der Waals surface area contributed by atoms with Crippen LogP contribution in [-0.4, -0.2) is 101 Å². The molecule has 2 aliphatic heterocycles. The Morgan fingerprint density at radius 1 is 1.25 bits per heavy atom. The Hall–Kier alpha value is -2.51. The Kier molecular flexibility index (Phi) is 10.3. The first-order chi connectivity index (χ1) is 17.2. The molecule has 1 aromatic rings. The van der Waals surface area contributed by atoms with E-state index in [2.05, 4.69) is 29.0 Å². The van der Waals surface area contributed by atoms with Crippen molar-refractivity contribution in [3.05, 3.63) is 36.0 Å². The lowest BCUT2D eigenvalue weighted by molar-refractivity contribution is -0.115. The van der Waals surface area contributed by atoms with Gasteiger partial charge in [0.1, 0.15) is 12.3 Å². The van der Waals surface area contributed by atoms with E-state index < -0.39 is 22.2 Å². The van der Waals surface area contributed by atoms with Crippen molar-refractivity contribution < 1.29 is 22.7 Å². The highest BCUT2D eigenvalue weighted by Gasteiger charge is 2.31. The minimum atomic E-state index is -3.89. The van der Waals surface area contributed by atoms with E-state index in [1.165, 1.54) is 18.2 Å². The summed E-state index contributed by atoms with van der Waals surface area (Å²) < 4.78 is 34.9. The second kappa shape index (κ2) is 13.2. The average molecular weight is 523 g/mol. The van der Waals surface area contributed by atoms with Crippen LogP contribution in [0.5, 0.6) is 0 Å². The molecular weight excluding hydrogens is 484 g/mol. The Morgan fingerprint density at radius 3 is 2.58 bits per heavy atom. The highest BCUT2D eigenvalue weighted by atomic mass is 32.2. The summed E-state index contributed by atoms with van der Waals surface area (Å²) in [5.74, 6) is -0.00167. The fraction of sp³-hybridized carbons (Fsp3) is 0.583. The normalized spacial score (nSPS) is 19.1. The number of sulfonamides is 1. The number of ether oxygens (including phenoxy) is 2. The summed E-state index contributed by atoms with van der Waals surface area (Å²) in [7, 11) is -2.07. The van der Waals surface area contributed by atoms with Crippen LogP contribution in [-0.2, 0) is 24.3 Å². The minimum Gasteiger partial charge on any atom is -0.476 e. The molecule has 12 heteroatoms. The number of benzene rings is 1. The fourth-order valence-corrected chi connectivity index (χ4v) is 4.74. The quantitative estimate of drug-likeness (QED) is 0.444. The fourth-order valence-electron chi connectivity index (χ4n) is 4.18. The maximum absolute atomic E-state index is 13.3. The Morgan fingerprint density at radius 2 is 1.94 bits per heavy atom. The molecule has 2 heterocycles. The molecule has 2 aliphatic rings. The molecule has 3 N–H and O–H groups in total. The lowest BCUT2D eigenvalue weighted by atomic mass is 10.2. The molecule has 200 valence electrons. The van der Waals surface area contributed by atoms with Crippen molar-refractivity contribution in [3.8, 4) is 0 Å². The van der Waals surface area contributed by atoms with Crippen LogP contribution < -0.4 is 10.5 Å². The summed E-state index contributed by atoms with van der Waals surface area (Å²) in [4.78, 5) is 24.4. The monoisotopic (exact) mass is 522 g/mol. The number of likely N-dealkylation sites (N-methyl/N-ethyl adjacent to an activating group) is 1. The predicted molar refractivity (Wildman–Crippen MR) is 139 cm³/mol. The van der Waals surface area contributed by atoms with Crippen molar-refractivity contribution in [2.75, 3.05) is 64.9 Å². The van der Waals surface area contributed by atoms with E-state index in [0.717, 1.165) is 45.6 Å². The number of nitrogens with two attached hydrogens (primary N) is 1. The third-order valence-corrected chi connectivity index (χ3v) is 6.90. The SMILES string of the molecule is CCCN(CCC)C1N=C(OCCN2CCOCC2)C=C(C(=O)Nc2cccc(S(N)(=O)=O)c2)N1C. The lowest BCUT2D eigenvalue weighted by Gasteiger charge is -2.39. The second-order valence-corrected chi connectivity index (χ2v) is 10.4. The number of carbonyl (C=O) groups excluding carboxylic acids is 1. The predicted octanol–water partition coefficient (Wildman–Crippen LogP) is 1.25. The van der Waals surface area contributed by atoms with Crippen molar-refractivity contribution in [2.45, 2.75) is 37.9 Å². The van der Waals surface area contributed by atoms with Gasteiger partial charge in [-0.15, -0.1) is 0 Å². The summed E-state index contributed by atoms with van der Waals surface area (Å²) in [6, 6.07) is 5.86. The molecule has 0 aromatic heterocycles. The zero-order chi connectivity index (χ0) is 26.1. The van der Waals surface area contributed by atoms with E-state index >= 15 is 0 Å². The zero-order valence-corrected chi connectivity index (χ0v) is 22.2. The molecule has 3 rings (SSSR count). The third kappa shape index (κ3) is 7.74. The van der Waals surface area contributed by atoms with Crippen LogP contribution in [0.25, 0.3) is 0 Å².